The van der Waals surface area contributed by atoms with Crippen LogP contribution in [0.5, 0.6) is 5.75 Å². The van der Waals surface area contributed by atoms with Crippen molar-refractivity contribution in [2.24, 2.45) is 0 Å². The first-order chi connectivity index (χ1) is 14.8. The molecule has 1 amide bonds. The first kappa shape index (κ1) is 22.4. The third-order valence-electron chi connectivity index (χ3n) is 4.34. The molecule has 3 aromatic carbocycles. The number of carbonyl (C=O) groups is 1. The van der Waals surface area contributed by atoms with E-state index in [4.69, 9.17) is 16.3 Å². The minimum atomic E-state index is -3.87. The van der Waals surface area contributed by atoms with Gasteiger partial charge in [-0.3, -0.25) is 9.52 Å². The van der Waals surface area contributed by atoms with Crippen molar-refractivity contribution in [3.8, 4) is 5.75 Å². The predicted octanol–water partition coefficient (Wildman–Crippen LogP) is 5.11. The van der Waals surface area contributed by atoms with Gasteiger partial charge in [-0.2, -0.15) is 0 Å². The number of hydrogen-bond donors (Lipinski definition) is 2. The molecular weight excluding hydrogens is 436 g/mol. The number of sulfonamides is 1. The van der Waals surface area contributed by atoms with Gasteiger partial charge in [0.2, 0.25) is 5.91 Å². The summed E-state index contributed by atoms with van der Waals surface area (Å²) in [5.41, 5.74) is 2.05. The molecule has 0 aliphatic heterocycles. The highest BCUT2D eigenvalue weighted by atomic mass is 35.5. The van der Waals surface area contributed by atoms with Crippen molar-refractivity contribution in [3.05, 3.63) is 89.0 Å². The first-order valence-electron chi connectivity index (χ1n) is 9.29. The minimum absolute atomic E-state index is 0.0575. The molecule has 0 saturated carbocycles. The summed E-state index contributed by atoms with van der Waals surface area (Å²) in [6.07, 6.45) is 3.01. The third kappa shape index (κ3) is 6.10. The summed E-state index contributed by atoms with van der Waals surface area (Å²) in [7, 11) is -2.30. The van der Waals surface area contributed by atoms with Crippen LogP contribution in [0.3, 0.4) is 0 Å². The molecule has 6 nitrogen and oxygen atoms in total. The van der Waals surface area contributed by atoms with E-state index in [-0.39, 0.29) is 4.90 Å². The molecule has 0 heterocycles. The molecule has 0 aliphatic rings. The zero-order chi connectivity index (χ0) is 22.4. The highest BCUT2D eigenvalue weighted by molar-refractivity contribution is 7.92. The Labute approximate surface area is 186 Å². The van der Waals surface area contributed by atoms with Crippen molar-refractivity contribution in [2.45, 2.75) is 11.8 Å². The Balaban J connectivity index is 1.77. The number of rotatable bonds is 7. The Morgan fingerprint density at radius 2 is 1.77 bits per heavy atom. The summed E-state index contributed by atoms with van der Waals surface area (Å²) < 4.78 is 33.4. The van der Waals surface area contributed by atoms with Gasteiger partial charge in [0.25, 0.3) is 10.0 Å². The van der Waals surface area contributed by atoms with Crippen molar-refractivity contribution >= 4 is 45.0 Å². The lowest BCUT2D eigenvalue weighted by atomic mass is 10.2. The van der Waals surface area contributed by atoms with E-state index in [0.29, 0.717) is 27.7 Å². The molecule has 3 rings (SSSR count). The van der Waals surface area contributed by atoms with Crippen LogP contribution in [0.25, 0.3) is 6.08 Å². The van der Waals surface area contributed by atoms with Crippen LogP contribution >= 0.6 is 11.6 Å². The van der Waals surface area contributed by atoms with Gasteiger partial charge < -0.3 is 10.1 Å². The zero-order valence-corrected chi connectivity index (χ0v) is 18.5. The number of benzene rings is 3. The van der Waals surface area contributed by atoms with Crippen LogP contribution in [0.1, 0.15) is 11.1 Å². The molecule has 160 valence electrons. The van der Waals surface area contributed by atoms with Crippen molar-refractivity contribution in [1.82, 2.24) is 0 Å². The van der Waals surface area contributed by atoms with Gasteiger partial charge in [-0.05, 0) is 66.6 Å². The summed E-state index contributed by atoms with van der Waals surface area (Å²) in [4.78, 5) is 12.4. The summed E-state index contributed by atoms with van der Waals surface area (Å²) in [5.74, 6) is 0.293. The lowest BCUT2D eigenvalue weighted by molar-refractivity contribution is -0.111. The topological polar surface area (TPSA) is 84.5 Å². The van der Waals surface area contributed by atoms with E-state index in [9.17, 15) is 13.2 Å². The molecule has 0 fully saturated rings. The molecule has 0 unspecified atom stereocenters. The van der Waals surface area contributed by atoms with Gasteiger partial charge in [-0.25, -0.2) is 8.42 Å². The number of amides is 1. The monoisotopic (exact) mass is 456 g/mol. The van der Waals surface area contributed by atoms with Crippen molar-refractivity contribution in [3.63, 3.8) is 0 Å². The zero-order valence-electron chi connectivity index (χ0n) is 16.9. The molecule has 0 aliphatic carbocycles. The van der Waals surface area contributed by atoms with E-state index < -0.39 is 15.9 Å². The van der Waals surface area contributed by atoms with E-state index in [1.165, 1.54) is 18.2 Å². The number of nitrogens with one attached hydrogen (secondary N) is 2. The van der Waals surface area contributed by atoms with Crippen LogP contribution in [0.4, 0.5) is 11.4 Å². The van der Waals surface area contributed by atoms with Gasteiger partial charge in [0.1, 0.15) is 5.75 Å². The Bertz CT molecular complexity index is 1240. The van der Waals surface area contributed by atoms with E-state index in [0.717, 1.165) is 5.56 Å². The number of carbonyl (C=O) groups excluding carboxylic acids is 1. The fourth-order valence-corrected chi connectivity index (χ4v) is 4.34. The van der Waals surface area contributed by atoms with Crippen molar-refractivity contribution < 1.29 is 17.9 Å². The summed E-state index contributed by atoms with van der Waals surface area (Å²) >= 11 is 5.93. The standard InChI is InChI=1S/C23H21ClN2O4S/c1-16-9-11-19(25-23(27)12-10-17-5-3-8-21(13-17)30-2)15-22(16)31(28,29)26-20-7-4-6-18(24)14-20/h3-15,26H,1-2H3,(H,25,27). The summed E-state index contributed by atoms with van der Waals surface area (Å²) in [6.45, 7) is 1.68. The lowest BCUT2D eigenvalue weighted by Gasteiger charge is -2.12. The Hall–Kier alpha value is -3.29. The second kappa shape index (κ2) is 9.68. The van der Waals surface area contributed by atoms with Crippen LogP contribution in [0, 0.1) is 6.92 Å². The fourth-order valence-electron chi connectivity index (χ4n) is 2.83. The third-order valence-corrected chi connectivity index (χ3v) is 6.10. The largest absolute Gasteiger partial charge is 0.497 e. The second-order valence-corrected chi connectivity index (χ2v) is 8.78. The Morgan fingerprint density at radius 3 is 2.52 bits per heavy atom. The van der Waals surface area contributed by atoms with Crippen LogP contribution in [0.15, 0.2) is 77.7 Å². The Kier molecular flexibility index (Phi) is 6.99. The molecule has 0 bridgehead atoms. The molecule has 0 radical (unpaired) electrons. The van der Waals surface area contributed by atoms with Gasteiger partial charge in [0.05, 0.1) is 17.7 Å². The number of aryl methyl sites for hydroxylation is 1. The molecule has 8 heteroatoms. The van der Waals surface area contributed by atoms with Crippen molar-refractivity contribution in [1.29, 1.82) is 0 Å². The molecule has 3 aromatic rings. The average Bonchev–Trinajstić information content (AvgIpc) is 2.73. The van der Waals surface area contributed by atoms with Crippen molar-refractivity contribution in [2.75, 3.05) is 17.1 Å². The van der Waals surface area contributed by atoms with Crippen LogP contribution in [0.2, 0.25) is 5.02 Å². The minimum Gasteiger partial charge on any atom is -0.497 e. The summed E-state index contributed by atoms with van der Waals surface area (Å²) in [5, 5.41) is 3.10. The van der Waals surface area contributed by atoms with E-state index >= 15 is 0 Å². The van der Waals surface area contributed by atoms with Crippen LogP contribution < -0.4 is 14.8 Å². The maximum absolute atomic E-state index is 12.9. The average molecular weight is 457 g/mol. The number of methoxy groups -OCH3 is 1. The summed E-state index contributed by atoms with van der Waals surface area (Å²) in [6, 6.07) is 18.4. The van der Waals surface area contributed by atoms with E-state index in [2.05, 4.69) is 10.0 Å². The molecule has 0 atom stereocenters. The van der Waals surface area contributed by atoms with Crippen LogP contribution in [-0.2, 0) is 14.8 Å². The van der Waals surface area contributed by atoms with Crippen LogP contribution in [-0.4, -0.2) is 21.4 Å². The molecule has 0 spiro atoms. The highest BCUT2D eigenvalue weighted by Gasteiger charge is 2.18. The predicted molar refractivity (Wildman–Crippen MR) is 124 cm³/mol. The number of hydrogen-bond acceptors (Lipinski definition) is 4. The van der Waals surface area contributed by atoms with E-state index in [1.807, 2.05) is 18.2 Å². The van der Waals surface area contributed by atoms with Gasteiger partial charge >= 0.3 is 0 Å². The second-order valence-electron chi connectivity index (χ2n) is 6.70. The smallest absolute Gasteiger partial charge is 0.262 e. The fraction of sp³-hybridized carbons (Fsp3) is 0.0870. The normalized spacial score (nSPS) is 11.3. The molecule has 0 saturated heterocycles. The number of anilines is 2. The van der Waals surface area contributed by atoms with Gasteiger partial charge in [0.15, 0.2) is 0 Å². The first-order valence-corrected chi connectivity index (χ1v) is 11.1. The van der Waals surface area contributed by atoms with E-state index in [1.54, 1.807) is 56.5 Å². The lowest BCUT2D eigenvalue weighted by Crippen LogP contribution is -2.15. The maximum atomic E-state index is 12.9. The molecule has 0 aromatic heterocycles. The number of halogens is 1. The van der Waals surface area contributed by atoms with Gasteiger partial charge in [-0.1, -0.05) is 35.9 Å². The molecule has 2 N–H and O–H groups in total. The van der Waals surface area contributed by atoms with Gasteiger partial charge in [-0.15, -0.1) is 0 Å². The molecule has 31 heavy (non-hydrogen) atoms. The number of ether oxygens (including phenoxy) is 1. The quantitative estimate of drug-likeness (QED) is 0.484. The maximum Gasteiger partial charge on any atom is 0.262 e. The highest BCUT2D eigenvalue weighted by Crippen LogP contribution is 2.24. The SMILES string of the molecule is COc1cccc(C=CC(=O)Nc2ccc(C)c(S(=O)(=O)Nc3cccc(Cl)c3)c2)c1. The Morgan fingerprint density at radius 1 is 1.00 bits per heavy atom. The molecular formula is C23H21ClN2O4S. The van der Waals surface area contributed by atoms with Gasteiger partial charge in [0, 0.05) is 16.8 Å².